The molecule has 2 amide bonds. The summed E-state index contributed by atoms with van der Waals surface area (Å²) in [7, 11) is 0. The molecule has 5 nitrogen and oxygen atoms in total. The Balaban J connectivity index is 1.42. The first kappa shape index (κ1) is 22.9. The Kier molecular flexibility index (Phi) is 8.88. The lowest BCUT2D eigenvalue weighted by molar-refractivity contribution is -0.122. The van der Waals surface area contributed by atoms with E-state index in [-0.39, 0.29) is 11.1 Å². The van der Waals surface area contributed by atoms with Crippen LogP contribution >= 0.6 is 23.5 Å². The third-order valence-corrected chi connectivity index (χ3v) is 7.55. The summed E-state index contributed by atoms with van der Waals surface area (Å²) in [5.41, 5.74) is 2.02. The molecule has 30 heavy (non-hydrogen) atoms. The van der Waals surface area contributed by atoms with E-state index in [0.29, 0.717) is 11.4 Å². The lowest BCUT2D eigenvalue weighted by Gasteiger charge is -2.12. The Morgan fingerprint density at radius 1 is 1.10 bits per heavy atom. The van der Waals surface area contributed by atoms with Crippen molar-refractivity contribution in [1.82, 2.24) is 14.3 Å². The molecule has 0 unspecified atom stereocenters. The van der Waals surface area contributed by atoms with Crippen molar-refractivity contribution in [3.63, 3.8) is 0 Å². The van der Waals surface area contributed by atoms with Gasteiger partial charge in [-0.2, -0.15) is 0 Å². The van der Waals surface area contributed by atoms with Gasteiger partial charge in [0.15, 0.2) is 0 Å². The van der Waals surface area contributed by atoms with E-state index < -0.39 is 0 Å². The molecular formula is C23H31N3O2S2. The lowest BCUT2D eigenvalue weighted by Crippen LogP contribution is -2.29. The summed E-state index contributed by atoms with van der Waals surface area (Å²) in [6, 6.07) is 6.10. The van der Waals surface area contributed by atoms with Gasteiger partial charge >= 0.3 is 0 Å². The molecule has 0 bridgehead atoms. The average Bonchev–Trinajstić information content (AvgIpc) is 3.33. The number of carbonyl (C=O) groups is 2. The fourth-order valence-corrected chi connectivity index (χ4v) is 5.51. The summed E-state index contributed by atoms with van der Waals surface area (Å²) < 4.78 is 2.08. The van der Waals surface area contributed by atoms with E-state index in [4.69, 9.17) is 0 Å². The molecule has 2 aromatic rings. The molecule has 7 heteroatoms. The van der Waals surface area contributed by atoms with Crippen LogP contribution in [0, 0.1) is 0 Å². The number of hydrogen-bond acceptors (Lipinski definition) is 5. The number of rotatable bonds is 12. The highest BCUT2D eigenvalue weighted by Gasteiger charge is 2.35. The van der Waals surface area contributed by atoms with Crippen molar-refractivity contribution in [2.75, 3.05) is 12.3 Å². The summed E-state index contributed by atoms with van der Waals surface area (Å²) in [6.07, 6.45) is 12.5. The molecule has 1 saturated heterocycles. The SMILES string of the molecule is CCCCCCCC(C)=C1SC(=O)N(CCCCSc2cccc3nccn23)C1=O. The predicted molar refractivity (Wildman–Crippen MR) is 126 cm³/mol. The van der Waals surface area contributed by atoms with Gasteiger partial charge in [-0.3, -0.25) is 18.9 Å². The fourth-order valence-electron chi connectivity index (χ4n) is 3.55. The van der Waals surface area contributed by atoms with Crippen LogP contribution in [0.2, 0.25) is 0 Å². The Bertz CT molecular complexity index is 907. The Hall–Kier alpha value is -1.73. The van der Waals surface area contributed by atoms with Crippen LogP contribution < -0.4 is 0 Å². The number of amides is 2. The van der Waals surface area contributed by atoms with Crippen LogP contribution in [0.4, 0.5) is 4.79 Å². The largest absolute Gasteiger partial charge is 0.294 e. The number of carbonyl (C=O) groups excluding carboxylic acids is 2. The van der Waals surface area contributed by atoms with Crippen LogP contribution in [-0.2, 0) is 4.79 Å². The third-order valence-electron chi connectivity index (χ3n) is 5.31. The molecule has 2 aromatic heterocycles. The number of aromatic nitrogens is 2. The van der Waals surface area contributed by atoms with Gasteiger partial charge in [-0.05, 0) is 62.3 Å². The van der Waals surface area contributed by atoms with Crippen LogP contribution in [0.5, 0.6) is 0 Å². The predicted octanol–water partition coefficient (Wildman–Crippen LogP) is 6.54. The molecular weight excluding hydrogens is 414 g/mol. The highest BCUT2D eigenvalue weighted by molar-refractivity contribution is 8.18. The number of hydrogen-bond donors (Lipinski definition) is 0. The summed E-state index contributed by atoms with van der Waals surface area (Å²) in [4.78, 5) is 31.4. The van der Waals surface area contributed by atoms with Crippen LogP contribution in [0.3, 0.4) is 0 Å². The Morgan fingerprint density at radius 2 is 1.93 bits per heavy atom. The molecule has 1 aliphatic rings. The van der Waals surface area contributed by atoms with Crippen LogP contribution in [-0.4, -0.2) is 37.7 Å². The van der Waals surface area contributed by atoms with Crippen LogP contribution in [0.15, 0.2) is 46.1 Å². The van der Waals surface area contributed by atoms with Gasteiger partial charge in [-0.25, -0.2) is 4.98 Å². The first-order valence-electron chi connectivity index (χ1n) is 10.9. The van der Waals surface area contributed by atoms with Crippen molar-refractivity contribution in [2.24, 2.45) is 0 Å². The first-order valence-corrected chi connectivity index (χ1v) is 12.7. The summed E-state index contributed by atoms with van der Waals surface area (Å²) in [5.74, 6) is 0.854. The van der Waals surface area contributed by atoms with Gasteiger partial charge in [0, 0.05) is 18.9 Å². The molecule has 1 fully saturated rings. The van der Waals surface area contributed by atoms with Gasteiger partial charge in [0.2, 0.25) is 0 Å². The second kappa shape index (κ2) is 11.6. The summed E-state index contributed by atoms with van der Waals surface area (Å²) in [5, 5.41) is 1.05. The standard InChI is InChI=1S/C23H31N3O2S2/c1-3-4-5-6-7-11-18(2)21-22(27)26(23(28)30-21)15-8-9-17-29-20-13-10-12-19-24-14-16-25(19)20/h10,12-14,16H,3-9,11,15,17H2,1-2H3. The third kappa shape index (κ3) is 5.91. The summed E-state index contributed by atoms with van der Waals surface area (Å²) in [6.45, 7) is 4.72. The number of thioether (sulfide) groups is 2. The van der Waals surface area contributed by atoms with Gasteiger partial charge in [0.1, 0.15) is 5.65 Å². The van der Waals surface area contributed by atoms with Crippen LogP contribution in [0.25, 0.3) is 5.65 Å². The number of allylic oxidation sites excluding steroid dienone is 1. The number of fused-ring (bicyclic) bond motifs is 1. The van der Waals surface area contributed by atoms with E-state index in [9.17, 15) is 9.59 Å². The first-order chi connectivity index (χ1) is 14.6. The number of imidazole rings is 1. The van der Waals surface area contributed by atoms with E-state index in [1.54, 1.807) is 18.0 Å². The van der Waals surface area contributed by atoms with Crippen molar-refractivity contribution in [3.8, 4) is 0 Å². The second-order valence-corrected chi connectivity index (χ2v) is 9.75. The Labute approximate surface area is 187 Å². The van der Waals surface area contributed by atoms with Gasteiger partial charge in [-0.15, -0.1) is 11.8 Å². The van der Waals surface area contributed by atoms with E-state index in [1.165, 1.54) is 30.6 Å². The van der Waals surface area contributed by atoms with E-state index in [1.807, 2.05) is 25.3 Å². The van der Waals surface area contributed by atoms with Gasteiger partial charge in [-0.1, -0.05) is 44.2 Å². The van der Waals surface area contributed by atoms with E-state index in [2.05, 4.69) is 22.4 Å². The second-order valence-electron chi connectivity index (χ2n) is 7.67. The summed E-state index contributed by atoms with van der Waals surface area (Å²) >= 11 is 2.90. The van der Waals surface area contributed by atoms with Crippen molar-refractivity contribution in [1.29, 1.82) is 0 Å². The molecule has 0 spiro atoms. The zero-order chi connectivity index (χ0) is 21.3. The van der Waals surface area contributed by atoms with Gasteiger partial charge < -0.3 is 0 Å². The van der Waals surface area contributed by atoms with E-state index in [0.717, 1.165) is 59.4 Å². The molecule has 0 radical (unpaired) electrons. The highest BCUT2D eigenvalue weighted by Crippen LogP contribution is 2.34. The number of pyridine rings is 1. The maximum atomic E-state index is 12.7. The molecule has 3 heterocycles. The van der Waals surface area contributed by atoms with Crippen molar-refractivity contribution >= 4 is 40.3 Å². The maximum Gasteiger partial charge on any atom is 0.293 e. The van der Waals surface area contributed by atoms with Gasteiger partial charge in [0.05, 0.1) is 9.93 Å². The van der Waals surface area contributed by atoms with Crippen molar-refractivity contribution in [3.05, 3.63) is 41.1 Å². The highest BCUT2D eigenvalue weighted by atomic mass is 32.2. The topological polar surface area (TPSA) is 54.7 Å². The number of nitrogens with zero attached hydrogens (tertiary/aromatic N) is 3. The van der Waals surface area contributed by atoms with Gasteiger partial charge in [0.25, 0.3) is 11.1 Å². The molecule has 0 atom stereocenters. The minimum atomic E-state index is -0.115. The average molecular weight is 446 g/mol. The smallest absolute Gasteiger partial charge is 0.293 e. The molecule has 1 aliphatic heterocycles. The Morgan fingerprint density at radius 3 is 2.77 bits per heavy atom. The van der Waals surface area contributed by atoms with Crippen LogP contribution in [0.1, 0.15) is 65.2 Å². The zero-order valence-corrected chi connectivity index (χ0v) is 19.6. The normalized spacial score (nSPS) is 16.1. The fraction of sp³-hybridized carbons (Fsp3) is 0.522. The molecule has 3 rings (SSSR count). The van der Waals surface area contributed by atoms with Crippen molar-refractivity contribution < 1.29 is 9.59 Å². The maximum absolute atomic E-state index is 12.7. The minimum absolute atomic E-state index is 0.0908. The van der Waals surface area contributed by atoms with Crippen molar-refractivity contribution in [2.45, 2.75) is 70.2 Å². The quantitative estimate of drug-likeness (QED) is 0.211. The molecule has 0 saturated carbocycles. The molecule has 0 aromatic carbocycles. The minimum Gasteiger partial charge on any atom is -0.294 e. The molecule has 0 N–H and O–H groups in total. The molecule has 0 aliphatic carbocycles. The number of unbranched alkanes of at least 4 members (excludes halogenated alkanes) is 5. The number of imide groups is 1. The van der Waals surface area contributed by atoms with E-state index >= 15 is 0 Å². The zero-order valence-electron chi connectivity index (χ0n) is 17.9. The molecule has 162 valence electrons. The monoisotopic (exact) mass is 445 g/mol. The lowest BCUT2D eigenvalue weighted by atomic mass is 10.1.